The van der Waals surface area contributed by atoms with Gasteiger partial charge < -0.3 is 8.98 Å². The van der Waals surface area contributed by atoms with E-state index in [1.54, 1.807) is 0 Å². The Labute approximate surface area is 163 Å². The van der Waals surface area contributed by atoms with Crippen LogP contribution in [0.15, 0.2) is 37.0 Å². The van der Waals surface area contributed by atoms with Gasteiger partial charge in [-0.15, -0.1) is 0 Å². The van der Waals surface area contributed by atoms with Gasteiger partial charge in [-0.3, -0.25) is 13.9 Å². The number of aromatic nitrogens is 4. The third-order valence-corrected chi connectivity index (χ3v) is 5.44. The number of fused-ring (bicyclic) bond motifs is 2. The fourth-order valence-electron chi connectivity index (χ4n) is 3.39. The standard InChI is InChI=1S/C19H17ClN4O4/c1-9-5-6-12-11(7-13(25)28-15(12)10(9)2)8-24-14-16(21-18(24)20)22(3)19(27)23(4)17(14)26/h5-7H,8H2,1-4H3. The van der Waals surface area contributed by atoms with Crippen LogP contribution in [0.5, 0.6) is 0 Å². The quantitative estimate of drug-likeness (QED) is 0.378. The second kappa shape index (κ2) is 6.20. The molecule has 0 N–H and O–H groups in total. The number of halogens is 1. The van der Waals surface area contributed by atoms with Crippen molar-refractivity contribution < 1.29 is 4.42 Å². The summed E-state index contributed by atoms with van der Waals surface area (Å²) in [7, 11) is 2.92. The lowest BCUT2D eigenvalue weighted by molar-refractivity contribution is 0.555. The maximum atomic E-state index is 12.7. The minimum atomic E-state index is -0.503. The van der Waals surface area contributed by atoms with E-state index in [1.807, 2.05) is 26.0 Å². The van der Waals surface area contributed by atoms with E-state index >= 15 is 0 Å². The largest absolute Gasteiger partial charge is 0.422 e. The molecule has 0 spiro atoms. The number of nitrogens with zero attached hydrogens (tertiary/aromatic N) is 4. The molecule has 0 saturated carbocycles. The summed E-state index contributed by atoms with van der Waals surface area (Å²) in [6.45, 7) is 3.95. The van der Waals surface area contributed by atoms with Crippen molar-refractivity contribution in [3.63, 3.8) is 0 Å². The van der Waals surface area contributed by atoms with Crippen molar-refractivity contribution in [2.45, 2.75) is 20.4 Å². The number of hydrogen-bond donors (Lipinski definition) is 0. The van der Waals surface area contributed by atoms with Gasteiger partial charge in [0, 0.05) is 25.5 Å². The predicted molar refractivity (Wildman–Crippen MR) is 106 cm³/mol. The van der Waals surface area contributed by atoms with E-state index in [2.05, 4.69) is 4.98 Å². The van der Waals surface area contributed by atoms with Crippen LogP contribution in [0, 0.1) is 13.8 Å². The van der Waals surface area contributed by atoms with Gasteiger partial charge in [0.2, 0.25) is 5.28 Å². The molecule has 0 unspecified atom stereocenters. The van der Waals surface area contributed by atoms with Crippen molar-refractivity contribution in [1.82, 2.24) is 18.7 Å². The fraction of sp³-hybridized carbons (Fsp3) is 0.263. The molecule has 3 aromatic heterocycles. The van der Waals surface area contributed by atoms with Gasteiger partial charge in [0.15, 0.2) is 11.2 Å². The van der Waals surface area contributed by atoms with Crippen molar-refractivity contribution >= 4 is 33.7 Å². The third kappa shape index (κ3) is 2.52. The monoisotopic (exact) mass is 400 g/mol. The first-order valence-electron chi connectivity index (χ1n) is 8.55. The molecule has 4 rings (SSSR count). The smallest absolute Gasteiger partial charge is 0.336 e. The van der Waals surface area contributed by atoms with Crippen LogP contribution in [0.2, 0.25) is 5.28 Å². The van der Waals surface area contributed by atoms with E-state index in [9.17, 15) is 14.4 Å². The SMILES string of the molecule is Cc1ccc2c(Cn3c(Cl)nc4c3c(=O)n(C)c(=O)n4C)cc(=O)oc2c1C. The van der Waals surface area contributed by atoms with E-state index in [-0.39, 0.29) is 23.0 Å². The van der Waals surface area contributed by atoms with Crippen LogP contribution < -0.4 is 16.9 Å². The first-order chi connectivity index (χ1) is 13.2. The van der Waals surface area contributed by atoms with E-state index in [0.717, 1.165) is 21.1 Å². The van der Waals surface area contributed by atoms with Crippen LogP contribution in [0.3, 0.4) is 0 Å². The van der Waals surface area contributed by atoms with Gasteiger partial charge in [-0.25, -0.2) is 9.59 Å². The average Bonchev–Trinajstić information content (AvgIpc) is 2.98. The number of hydrogen-bond acceptors (Lipinski definition) is 5. The average molecular weight is 401 g/mol. The molecule has 0 amide bonds. The Kier molecular flexibility index (Phi) is 4.04. The van der Waals surface area contributed by atoms with Crippen LogP contribution in [0.25, 0.3) is 22.1 Å². The zero-order valence-corrected chi connectivity index (χ0v) is 16.5. The molecule has 1 aromatic carbocycles. The Bertz CT molecular complexity index is 1460. The summed E-state index contributed by atoms with van der Waals surface area (Å²) in [4.78, 5) is 41.2. The second-order valence-electron chi connectivity index (χ2n) is 6.82. The van der Waals surface area contributed by atoms with Crippen LogP contribution in [0.4, 0.5) is 0 Å². The summed E-state index contributed by atoms with van der Waals surface area (Å²) in [6.07, 6.45) is 0. The molecular formula is C19H17ClN4O4. The van der Waals surface area contributed by atoms with E-state index in [0.29, 0.717) is 11.1 Å². The van der Waals surface area contributed by atoms with Crippen LogP contribution in [0.1, 0.15) is 16.7 Å². The Hall–Kier alpha value is -3.13. The second-order valence-corrected chi connectivity index (χ2v) is 7.16. The molecule has 28 heavy (non-hydrogen) atoms. The summed E-state index contributed by atoms with van der Waals surface area (Å²) in [6, 6.07) is 5.19. The lowest BCUT2D eigenvalue weighted by atomic mass is 10.0. The first kappa shape index (κ1) is 18.2. The molecule has 0 aliphatic heterocycles. The molecule has 144 valence electrons. The summed E-state index contributed by atoms with van der Waals surface area (Å²) >= 11 is 6.30. The molecule has 9 heteroatoms. The lowest BCUT2D eigenvalue weighted by Gasteiger charge is -2.11. The van der Waals surface area contributed by atoms with Crippen LogP contribution in [-0.4, -0.2) is 18.7 Å². The molecular weight excluding hydrogens is 384 g/mol. The molecule has 0 atom stereocenters. The zero-order valence-electron chi connectivity index (χ0n) is 15.7. The summed E-state index contributed by atoms with van der Waals surface area (Å²) < 4.78 is 9.18. The topological polar surface area (TPSA) is 92.0 Å². The number of imidazole rings is 1. The van der Waals surface area contributed by atoms with Crippen LogP contribution in [-0.2, 0) is 20.6 Å². The maximum Gasteiger partial charge on any atom is 0.336 e. The highest BCUT2D eigenvalue weighted by molar-refractivity contribution is 6.29. The normalized spacial score (nSPS) is 11.6. The van der Waals surface area contributed by atoms with Crippen molar-refractivity contribution in [3.8, 4) is 0 Å². The van der Waals surface area contributed by atoms with Crippen molar-refractivity contribution in [1.29, 1.82) is 0 Å². The fourth-order valence-corrected chi connectivity index (χ4v) is 3.61. The minimum Gasteiger partial charge on any atom is -0.422 e. The molecule has 0 radical (unpaired) electrons. The summed E-state index contributed by atoms with van der Waals surface area (Å²) in [5.41, 5.74) is 1.93. The Balaban J connectivity index is 2.04. The molecule has 0 fully saturated rings. The van der Waals surface area contributed by atoms with Gasteiger partial charge >= 0.3 is 11.3 Å². The number of aryl methyl sites for hydroxylation is 3. The van der Waals surface area contributed by atoms with Crippen molar-refractivity contribution in [2.24, 2.45) is 14.1 Å². The number of benzene rings is 1. The summed E-state index contributed by atoms with van der Waals surface area (Å²) in [5.74, 6) is 0. The highest BCUT2D eigenvalue weighted by Gasteiger charge is 2.19. The Morgan fingerprint density at radius 2 is 1.82 bits per heavy atom. The van der Waals surface area contributed by atoms with Gasteiger partial charge in [-0.1, -0.05) is 12.1 Å². The Morgan fingerprint density at radius 3 is 2.54 bits per heavy atom. The third-order valence-electron chi connectivity index (χ3n) is 5.15. The van der Waals surface area contributed by atoms with E-state index in [1.165, 1.54) is 29.3 Å². The van der Waals surface area contributed by atoms with Crippen molar-refractivity contribution in [3.05, 3.63) is 71.4 Å². The van der Waals surface area contributed by atoms with Crippen LogP contribution >= 0.6 is 11.6 Å². The minimum absolute atomic E-state index is 0.0542. The zero-order chi connectivity index (χ0) is 20.3. The number of rotatable bonds is 2. The molecule has 8 nitrogen and oxygen atoms in total. The molecule has 0 aliphatic rings. The molecule has 3 heterocycles. The van der Waals surface area contributed by atoms with Gasteiger partial charge in [-0.2, -0.15) is 4.98 Å². The van der Waals surface area contributed by atoms with Gasteiger partial charge in [0.05, 0.1) is 6.54 Å². The van der Waals surface area contributed by atoms with E-state index in [4.69, 9.17) is 16.0 Å². The molecule has 0 bridgehead atoms. The Morgan fingerprint density at radius 1 is 1.11 bits per heavy atom. The van der Waals surface area contributed by atoms with Gasteiger partial charge in [0.25, 0.3) is 5.56 Å². The summed E-state index contributed by atoms with van der Waals surface area (Å²) in [5, 5.41) is 0.806. The maximum absolute atomic E-state index is 12.7. The lowest BCUT2D eigenvalue weighted by Crippen LogP contribution is -2.37. The van der Waals surface area contributed by atoms with Gasteiger partial charge in [0.1, 0.15) is 5.58 Å². The van der Waals surface area contributed by atoms with E-state index < -0.39 is 16.9 Å². The molecule has 4 aromatic rings. The molecule has 0 saturated heterocycles. The predicted octanol–water partition coefficient (Wildman–Crippen LogP) is 1.86. The molecule has 0 aliphatic carbocycles. The van der Waals surface area contributed by atoms with Crippen molar-refractivity contribution in [2.75, 3.05) is 0 Å². The highest BCUT2D eigenvalue weighted by atomic mass is 35.5. The highest BCUT2D eigenvalue weighted by Crippen LogP contribution is 2.25. The first-order valence-corrected chi connectivity index (χ1v) is 8.93. The van der Waals surface area contributed by atoms with Gasteiger partial charge in [-0.05, 0) is 42.1 Å².